The Morgan fingerprint density at radius 1 is 1.23 bits per heavy atom. The van der Waals surface area contributed by atoms with Gasteiger partial charge in [0, 0.05) is 0 Å². The maximum Gasteiger partial charge on any atom is 0.104 e. The summed E-state index contributed by atoms with van der Waals surface area (Å²) in [5.41, 5.74) is 0.304. The Bertz CT molecular complexity index is 163. The van der Waals surface area contributed by atoms with Crippen LogP contribution in [0.4, 0.5) is 0 Å². The second-order valence-electron chi connectivity index (χ2n) is 5.76. The predicted molar refractivity (Wildman–Crippen MR) is 53.8 cm³/mol. The zero-order valence-electron chi connectivity index (χ0n) is 9.52. The predicted octanol–water partition coefficient (Wildman–Crippen LogP) is 2.62. The van der Waals surface area contributed by atoms with Gasteiger partial charge >= 0.3 is 0 Å². The highest BCUT2D eigenvalue weighted by molar-refractivity contribution is 4.79. The van der Waals surface area contributed by atoms with Crippen LogP contribution in [-0.2, 0) is 9.47 Å². The number of rotatable bonds is 4. The highest BCUT2D eigenvalue weighted by Gasteiger charge is 2.30. The molecule has 0 aliphatic carbocycles. The Kier molecular flexibility index (Phi) is 3.03. The number of hydrogen-bond donors (Lipinski definition) is 0. The zero-order valence-corrected chi connectivity index (χ0v) is 9.52. The van der Waals surface area contributed by atoms with Crippen molar-refractivity contribution < 1.29 is 9.47 Å². The summed E-state index contributed by atoms with van der Waals surface area (Å²) in [6.45, 7) is 12.7. The van der Waals surface area contributed by atoms with E-state index in [0.717, 1.165) is 19.6 Å². The fourth-order valence-corrected chi connectivity index (χ4v) is 1.81. The minimum atomic E-state index is -0.0236. The van der Waals surface area contributed by atoms with Gasteiger partial charge in [0.1, 0.15) is 6.10 Å². The van der Waals surface area contributed by atoms with Crippen LogP contribution in [0.15, 0.2) is 0 Å². The van der Waals surface area contributed by atoms with E-state index in [4.69, 9.17) is 9.47 Å². The Morgan fingerprint density at radius 2 is 1.77 bits per heavy atom. The van der Waals surface area contributed by atoms with Gasteiger partial charge < -0.3 is 9.47 Å². The minimum Gasteiger partial charge on any atom is -0.373 e. The molecule has 0 aromatic rings. The highest BCUT2D eigenvalue weighted by atomic mass is 16.6. The third-order valence-corrected chi connectivity index (χ3v) is 2.02. The SMILES string of the molecule is CC(C)(C)CC(C)(C)OCC1CO1. The lowest BCUT2D eigenvalue weighted by Crippen LogP contribution is -2.31. The van der Waals surface area contributed by atoms with Gasteiger partial charge in [0.05, 0.1) is 18.8 Å². The molecule has 78 valence electrons. The molecule has 2 nitrogen and oxygen atoms in total. The van der Waals surface area contributed by atoms with Crippen molar-refractivity contribution in [1.82, 2.24) is 0 Å². The first kappa shape index (κ1) is 11.0. The minimum absolute atomic E-state index is 0.0236. The van der Waals surface area contributed by atoms with Crippen LogP contribution in [0.3, 0.4) is 0 Å². The molecule has 1 aliphatic rings. The van der Waals surface area contributed by atoms with Crippen molar-refractivity contribution in [3.05, 3.63) is 0 Å². The molecule has 0 N–H and O–H groups in total. The lowest BCUT2D eigenvalue weighted by atomic mass is 9.84. The van der Waals surface area contributed by atoms with Gasteiger partial charge in [0.2, 0.25) is 0 Å². The molecule has 1 saturated heterocycles. The second-order valence-corrected chi connectivity index (χ2v) is 5.76. The van der Waals surface area contributed by atoms with E-state index < -0.39 is 0 Å². The smallest absolute Gasteiger partial charge is 0.104 e. The average molecular weight is 186 g/mol. The van der Waals surface area contributed by atoms with Gasteiger partial charge in [-0.05, 0) is 25.7 Å². The van der Waals surface area contributed by atoms with E-state index in [1.54, 1.807) is 0 Å². The van der Waals surface area contributed by atoms with Gasteiger partial charge in [-0.25, -0.2) is 0 Å². The van der Waals surface area contributed by atoms with Gasteiger partial charge in [0.25, 0.3) is 0 Å². The topological polar surface area (TPSA) is 21.8 Å². The standard InChI is InChI=1S/C11H22O2/c1-10(2,3)8-11(4,5)13-7-9-6-12-9/h9H,6-8H2,1-5H3. The highest BCUT2D eigenvalue weighted by Crippen LogP contribution is 2.30. The molecule has 0 amide bonds. The summed E-state index contributed by atoms with van der Waals surface area (Å²) in [4.78, 5) is 0. The maximum absolute atomic E-state index is 5.80. The van der Waals surface area contributed by atoms with Gasteiger partial charge in [-0.2, -0.15) is 0 Å². The van der Waals surface area contributed by atoms with Crippen molar-refractivity contribution in [2.24, 2.45) is 5.41 Å². The summed E-state index contributed by atoms with van der Waals surface area (Å²) < 4.78 is 10.9. The molecule has 0 spiro atoms. The Balaban J connectivity index is 2.26. The van der Waals surface area contributed by atoms with E-state index in [1.807, 2.05) is 0 Å². The van der Waals surface area contributed by atoms with Crippen LogP contribution in [-0.4, -0.2) is 24.9 Å². The molecule has 2 heteroatoms. The van der Waals surface area contributed by atoms with Gasteiger partial charge in [0.15, 0.2) is 0 Å². The molecule has 1 atom stereocenters. The van der Waals surface area contributed by atoms with Crippen LogP contribution in [0.5, 0.6) is 0 Å². The molecule has 0 bridgehead atoms. The van der Waals surface area contributed by atoms with Crippen molar-refractivity contribution in [2.75, 3.05) is 13.2 Å². The van der Waals surface area contributed by atoms with E-state index in [2.05, 4.69) is 34.6 Å². The zero-order chi connectivity index (χ0) is 10.1. The van der Waals surface area contributed by atoms with E-state index in [9.17, 15) is 0 Å². The first-order chi connectivity index (χ1) is 5.79. The molecule has 1 unspecified atom stereocenters. The summed E-state index contributed by atoms with van der Waals surface area (Å²) in [6, 6.07) is 0. The number of epoxide rings is 1. The van der Waals surface area contributed by atoms with E-state index in [1.165, 1.54) is 0 Å². The van der Waals surface area contributed by atoms with E-state index >= 15 is 0 Å². The second kappa shape index (κ2) is 3.58. The Labute approximate surface area is 81.6 Å². The molecule has 1 rings (SSSR count). The summed E-state index contributed by atoms with van der Waals surface area (Å²) in [5.74, 6) is 0. The van der Waals surface area contributed by atoms with Crippen molar-refractivity contribution in [3.8, 4) is 0 Å². The van der Waals surface area contributed by atoms with Gasteiger partial charge in [-0.1, -0.05) is 20.8 Å². The lowest BCUT2D eigenvalue weighted by Gasteiger charge is -2.32. The summed E-state index contributed by atoms with van der Waals surface area (Å²) in [5, 5.41) is 0. The average Bonchev–Trinajstić information content (AvgIpc) is 2.59. The summed E-state index contributed by atoms with van der Waals surface area (Å²) in [6.07, 6.45) is 1.45. The van der Waals surface area contributed by atoms with Crippen LogP contribution >= 0.6 is 0 Å². The fraction of sp³-hybridized carbons (Fsp3) is 1.00. The normalized spacial score (nSPS) is 23.3. The first-order valence-electron chi connectivity index (χ1n) is 5.04. The van der Waals surface area contributed by atoms with Crippen LogP contribution in [0.1, 0.15) is 41.0 Å². The molecule has 1 fully saturated rings. The third-order valence-electron chi connectivity index (χ3n) is 2.02. The number of ether oxygens (including phenoxy) is 2. The largest absolute Gasteiger partial charge is 0.373 e. The monoisotopic (exact) mass is 186 g/mol. The number of hydrogen-bond acceptors (Lipinski definition) is 2. The van der Waals surface area contributed by atoms with Crippen molar-refractivity contribution in [1.29, 1.82) is 0 Å². The lowest BCUT2D eigenvalue weighted by molar-refractivity contribution is -0.0486. The van der Waals surface area contributed by atoms with Crippen LogP contribution in [0.2, 0.25) is 0 Å². The molecule has 13 heavy (non-hydrogen) atoms. The van der Waals surface area contributed by atoms with E-state index in [-0.39, 0.29) is 5.60 Å². The molecule has 1 heterocycles. The summed E-state index contributed by atoms with van der Waals surface area (Å²) >= 11 is 0. The summed E-state index contributed by atoms with van der Waals surface area (Å²) in [7, 11) is 0. The molecular formula is C11H22O2. The molecule has 0 aromatic carbocycles. The third kappa shape index (κ3) is 5.27. The molecule has 0 aromatic heterocycles. The van der Waals surface area contributed by atoms with E-state index in [0.29, 0.717) is 11.5 Å². The Morgan fingerprint density at radius 3 is 2.15 bits per heavy atom. The van der Waals surface area contributed by atoms with Gasteiger partial charge in [-0.3, -0.25) is 0 Å². The molecular weight excluding hydrogens is 164 g/mol. The quantitative estimate of drug-likeness (QED) is 0.629. The maximum atomic E-state index is 5.80. The molecule has 0 radical (unpaired) electrons. The fourth-order valence-electron chi connectivity index (χ4n) is 1.81. The first-order valence-corrected chi connectivity index (χ1v) is 5.04. The van der Waals surface area contributed by atoms with Crippen LogP contribution in [0.25, 0.3) is 0 Å². The van der Waals surface area contributed by atoms with Crippen molar-refractivity contribution >= 4 is 0 Å². The van der Waals surface area contributed by atoms with Crippen LogP contribution < -0.4 is 0 Å². The Hall–Kier alpha value is -0.0800. The van der Waals surface area contributed by atoms with Gasteiger partial charge in [-0.15, -0.1) is 0 Å². The van der Waals surface area contributed by atoms with Crippen LogP contribution in [0, 0.1) is 5.41 Å². The molecule has 1 aliphatic heterocycles. The van der Waals surface area contributed by atoms with Crippen molar-refractivity contribution in [3.63, 3.8) is 0 Å². The van der Waals surface area contributed by atoms with Crippen molar-refractivity contribution in [2.45, 2.75) is 52.7 Å². The molecule has 0 saturated carbocycles.